The zero-order valence-electron chi connectivity index (χ0n) is 13.3. The van der Waals surface area contributed by atoms with Gasteiger partial charge in [-0.15, -0.1) is 0 Å². The fraction of sp³-hybridized carbons (Fsp3) is 0.176. The molecule has 2 aromatic rings. The van der Waals surface area contributed by atoms with Crippen molar-refractivity contribution in [3.63, 3.8) is 0 Å². The summed E-state index contributed by atoms with van der Waals surface area (Å²) in [5.74, 6) is 1.68. The SMILES string of the molecule is COc1ccc(OCC(=O)NN=Cc2ccc(OC)c(Br)c2)cc1. The van der Waals surface area contributed by atoms with Crippen LogP contribution in [-0.2, 0) is 4.79 Å². The number of hydrazone groups is 1. The second kappa shape index (κ2) is 8.93. The smallest absolute Gasteiger partial charge is 0.277 e. The zero-order chi connectivity index (χ0) is 17.4. The van der Waals surface area contributed by atoms with E-state index in [4.69, 9.17) is 14.2 Å². The Morgan fingerprint density at radius 1 is 1.12 bits per heavy atom. The first-order chi connectivity index (χ1) is 11.6. The van der Waals surface area contributed by atoms with E-state index in [9.17, 15) is 4.79 Å². The van der Waals surface area contributed by atoms with Crippen LogP contribution in [0.2, 0.25) is 0 Å². The normalized spacial score (nSPS) is 10.5. The quantitative estimate of drug-likeness (QED) is 0.580. The average Bonchev–Trinajstić information content (AvgIpc) is 2.60. The maximum Gasteiger partial charge on any atom is 0.277 e. The van der Waals surface area contributed by atoms with E-state index < -0.39 is 0 Å². The molecule has 0 unspecified atom stereocenters. The predicted molar refractivity (Wildman–Crippen MR) is 94.9 cm³/mol. The summed E-state index contributed by atoms with van der Waals surface area (Å²) in [5, 5.41) is 3.89. The number of nitrogens with one attached hydrogen (secondary N) is 1. The molecule has 1 amide bonds. The van der Waals surface area contributed by atoms with Gasteiger partial charge < -0.3 is 14.2 Å². The molecule has 0 heterocycles. The van der Waals surface area contributed by atoms with Gasteiger partial charge in [0.1, 0.15) is 17.2 Å². The van der Waals surface area contributed by atoms with Crippen LogP contribution in [0.25, 0.3) is 0 Å². The molecule has 7 heteroatoms. The van der Waals surface area contributed by atoms with Crippen molar-refractivity contribution >= 4 is 28.1 Å². The highest BCUT2D eigenvalue weighted by Crippen LogP contribution is 2.24. The van der Waals surface area contributed by atoms with Gasteiger partial charge in [0.15, 0.2) is 6.61 Å². The van der Waals surface area contributed by atoms with Crippen LogP contribution in [-0.4, -0.2) is 32.9 Å². The lowest BCUT2D eigenvalue weighted by Crippen LogP contribution is -2.24. The average molecular weight is 393 g/mol. The maximum absolute atomic E-state index is 11.7. The topological polar surface area (TPSA) is 69.2 Å². The monoisotopic (exact) mass is 392 g/mol. The van der Waals surface area contributed by atoms with Gasteiger partial charge in [-0.1, -0.05) is 0 Å². The first-order valence-corrected chi connectivity index (χ1v) is 7.84. The lowest BCUT2D eigenvalue weighted by Gasteiger charge is -2.06. The second-order valence-electron chi connectivity index (χ2n) is 4.65. The predicted octanol–water partition coefficient (Wildman–Crippen LogP) is 3.00. The van der Waals surface area contributed by atoms with Crippen molar-refractivity contribution in [3.8, 4) is 17.2 Å². The molecule has 0 atom stereocenters. The molecule has 2 aromatic carbocycles. The largest absolute Gasteiger partial charge is 0.497 e. The molecular formula is C17H17BrN2O4. The van der Waals surface area contributed by atoms with E-state index in [-0.39, 0.29) is 12.5 Å². The van der Waals surface area contributed by atoms with Crippen LogP contribution in [0.1, 0.15) is 5.56 Å². The van der Waals surface area contributed by atoms with Crippen LogP contribution in [0.4, 0.5) is 0 Å². The van der Waals surface area contributed by atoms with Crippen molar-refractivity contribution in [2.24, 2.45) is 5.10 Å². The molecule has 0 fully saturated rings. The molecule has 1 N–H and O–H groups in total. The van der Waals surface area contributed by atoms with E-state index in [0.29, 0.717) is 5.75 Å². The van der Waals surface area contributed by atoms with Crippen LogP contribution < -0.4 is 19.6 Å². The van der Waals surface area contributed by atoms with Crippen molar-refractivity contribution in [2.75, 3.05) is 20.8 Å². The number of carbonyl (C=O) groups is 1. The van der Waals surface area contributed by atoms with E-state index in [0.717, 1.165) is 21.5 Å². The summed E-state index contributed by atoms with van der Waals surface area (Å²) in [6.07, 6.45) is 1.54. The van der Waals surface area contributed by atoms with E-state index in [1.165, 1.54) is 6.21 Å². The number of halogens is 1. The van der Waals surface area contributed by atoms with E-state index in [2.05, 4.69) is 26.5 Å². The van der Waals surface area contributed by atoms with E-state index in [1.54, 1.807) is 44.6 Å². The molecule has 0 aliphatic carbocycles. The molecule has 0 aromatic heterocycles. The number of hydrogen-bond donors (Lipinski definition) is 1. The number of hydrogen-bond acceptors (Lipinski definition) is 5. The number of benzene rings is 2. The summed E-state index contributed by atoms with van der Waals surface area (Å²) in [7, 11) is 3.18. The Balaban J connectivity index is 1.80. The van der Waals surface area contributed by atoms with Gasteiger partial charge >= 0.3 is 0 Å². The number of methoxy groups -OCH3 is 2. The highest BCUT2D eigenvalue weighted by Gasteiger charge is 2.02. The van der Waals surface area contributed by atoms with Crippen molar-refractivity contribution < 1.29 is 19.0 Å². The van der Waals surface area contributed by atoms with Gasteiger partial charge in [-0.3, -0.25) is 4.79 Å². The van der Waals surface area contributed by atoms with Crippen LogP contribution in [0.15, 0.2) is 52.0 Å². The lowest BCUT2D eigenvalue weighted by atomic mass is 10.2. The fourth-order valence-corrected chi connectivity index (χ4v) is 2.35. The summed E-state index contributed by atoms with van der Waals surface area (Å²) in [6.45, 7) is -0.129. The molecule has 2 rings (SSSR count). The van der Waals surface area contributed by atoms with E-state index in [1.807, 2.05) is 12.1 Å². The Kier molecular flexibility index (Phi) is 6.62. The molecule has 0 spiro atoms. The fourth-order valence-electron chi connectivity index (χ4n) is 1.79. The Labute approximate surface area is 148 Å². The van der Waals surface area contributed by atoms with Gasteiger partial charge in [0.25, 0.3) is 5.91 Å². The molecule has 0 aliphatic heterocycles. The second-order valence-corrected chi connectivity index (χ2v) is 5.51. The molecule has 6 nitrogen and oxygen atoms in total. The number of ether oxygens (including phenoxy) is 3. The highest BCUT2D eigenvalue weighted by molar-refractivity contribution is 9.10. The number of amides is 1. The van der Waals surface area contributed by atoms with Crippen LogP contribution >= 0.6 is 15.9 Å². The minimum absolute atomic E-state index is 0.129. The van der Waals surface area contributed by atoms with Gasteiger partial charge in [0.2, 0.25) is 0 Å². The van der Waals surface area contributed by atoms with Crippen molar-refractivity contribution in [3.05, 3.63) is 52.5 Å². The maximum atomic E-state index is 11.7. The minimum Gasteiger partial charge on any atom is -0.497 e. The molecule has 0 saturated carbocycles. The highest BCUT2D eigenvalue weighted by atomic mass is 79.9. The van der Waals surface area contributed by atoms with Gasteiger partial charge in [0.05, 0.1) is 24.9 Å². The molecular weight excluding hydrogens is 376 g/mol. The summed E-state index contributed by atoms with van der Waals surface area (Å²) in [5.41, 5.74) is 3.22. The van der Waals surface area contributed by atoms with Crippen molar-refractivity contribution in [1.29, 1.82) is 0 Å². The number of carbonyl (C=O) groups excluding carboxylic acids is 1. The Hall–Kier alpha value is -2.54. The first kappa shape index (κ1) is 17.8. The third-order valence-electron chi connectivity index (χ3n) is 3.01. The summed E-state index contributed by atoms with van der Waals surface area (Å²) < 4.78 is 16.4. The Morgan fingerprint density at radius 2 is 1.83 bits per heavy atom. The Morgan fingerprint density at radius 3 is 2.46 bits per heavy atom. The van der Waals surface area contributed by atoms with Gasteiger partial charge in [-0.05, 0) is 64.0 Å². The number of nitrogens with zero attached hydrogens (tertiary/aromatic N) is 1. The Bertz CT molecular complexity index is 717. The van der Waals surface area contributed by atoms with Gasteiger partial charge in [-0.2, -0.15) is 5.10 Å². The third kappa shape index (κ3) is 5.27. The summed E-state index contributed by atoms with van der Waals surface area (Å²) >= 11 is 3.39. The van der Waals surface area contributed by atoms with Crippen molar-refractivity contribution in [2.45, 2.75) is 0 Å². The third-order valence-corrected chi connectivity index (χ3v) is 3.63. The van der Waals surface area contributed by atoms with Crippen LogP contribution in [0.5, 0.6) is 17.2 Å². The standard InChI is InChI=1S/C17H17BrN2O4/c1-22-13-4-6-14(7-5-13)24-11-17(21)20-19-10-12-3-8-16(23-2)15(18)9-12/h3-10H,11H2,1-2H3,(H,20,21). The van der Waals surface area contributed by atoms with Gasteiger partial charge in [0, 0.05) is 0 Å². The minimum atomic E-state index is -0.352. The molecule has 0 bridgehead atoms. The first-order valence-electron chi connectivity index (χ1n) is 7.04. The summed E-state index contributed by atoms with van der Waals surface area (Å²) in [6, 6.07) is 12.4. The lowest BCUT2D eigenvalue weighted by molar-refractivity contribution is -0.123. The van der Waals surface area contributed by atoms with Gasteiger partial charge in [-0.25, -0.2) is 5.43 Å². The molecule has 24 heavy (non-hydrogen) atoms. The number of rotatable bonds is 7. The molecule has 0 radical (unpaired) electrons. The van der Waals surface area contributed by atoms with Crippen LogP contribution in [0, 0.1) is 0 Å². The summed E-state index contributed by atoms with van der Waals surface area (Å²) in [4.78, 5) is 11.7. The zero-order valence-corrected chi connectivity index (χ0v) is 14.9. The molecule has 0 aliphatic rings. The van der Waals surface area contributed by atoms with E-state index >= 15 is 0 Å². The van der Waals surface area contributed by atoms with Crippen LogP contribution in [0.3, 0.4) is 0 Å². The van der Waals surface area contributed by atoms with Crippen molar-refractivity contribution in [1.82, 2.24) is 5.43 Å². The molecule has 0 saturated heterocycles. The molecule has 126 valence electrons.